The first-order valence-corrected chi connectivity index (χ1v) is 13.8. The molecule has 2 nitrogen and oxygen atoms in total. The average molecular weight is 427 g/mol. The Kier molecular flexibility index (Phi) is 7.50. The van der Waals surface area contributed by atoms with Crippen LogP contribution >= 0.6 is 0 Å². The SMILES string of the molecule is C=CCOc1c(C(C)(C)C)cc(OC)cc1[Si](CC)(CC)C1C(C)=C(C)C(C)=C1C. The van der Waals surface area contributed by atoms with E-state index in [4.69, 9.17) is 9.47 Å². The van der Waals surface area contributed by atoms with Gasteiger partial charge in [-0.25, -0.2) is 0 Å². The number of hydrogen-bond donors (Lipinski definition) is 0. The summed E-state index contributed by atoms with van der Waals surface area (Å²) in [6, 6.07) is 6.80. The molecule has 0 saturated carbocycles. The maximum absolute atomic E-state index is 6.47. The van der Waals surface area contributed by atoms with Gasteiger partial charge in [-0.05, 0) is 61.6 Å². The highest BCUT2D eigenvalue weighted by Gasteiger charge is 2.47. The van der Waals surface area contributed by atoms with Crippen molar-refractivity contribution < 1.29 is 9.47 Å². The molecule has 166 valence electrons. The van der Waals surface area contributed by atoms with E-state index in [0.717, 1.165) is 11.5 Å². The first kappa shape index (κ1) is 24.5. The van der Waals surface area contributed by atoms with Crippen LogP contribution in [0.4, 0.5) is 0 Å². The zero-order chi connectivity index (χ0) is 22.9. The second-order valence-electron chi connectivity index (χ2n) is 9.81. The van der Waals surface area contributed by atoms with Crippen molar-refractivity contribution in [2.24, 2.45) is 0 Å². The van der Waals surface area contributed by atoms with Gasteiger partial charge in [-0.15, -0.1) is 0 Å². The van der Waals surface area contributed by atoms with Crippen LogP contribution in [0.25, 0.3) is 0 Å². The number of rotatable bonds is 8. The Balaban J connectivity index is 2.94. The topological polar surface area (TPSA) is 18.5 Å². The quantitative estimate of drug-likeness (QED) is 0.320. The van der Waals surface area contributed by atoms with E-state index in [0.29, 0.717) is 12.1 Å². The van der Waals surface area contributed by atoms with Gasteiger partial charge < -0.3 is 9.47 Å². The predicted molar refractivity (Wildman–Crippen MR) is 134 cm³/mol. The summed E-state index contributed by atoms with van der Waals surface area (Å²) in [5.41, 5.74) is 7.75. The largest absolute Gasteiger partial charge is 0.497 e. The van der Waals surface area contributed by atoms with Crippen LogP contribution in [0.15, 0.2) is 47.1 Å². The summed E-state index contributed by atoms with van der Waals surface area (Å²) >= 11 is 0. The van der Waals surface area contributed by atoms with E-state index in [9.17, 15) is 0 Å². The normalized spacial score (nSPS) is 15.8. The van der Waals surface area contributed by atoms with Crippen LogP contribution in [0.5, 0.6) is 11.5 Å². The molecule has 0 aromatic heterocycles. The molecule has 0 bridgehead atoms. The monoisotopic (exact) mass is 426 g/mol. The molecule has 1 aliphatic carbocycles. The van der Waals surface area contributed by atoms with Crippen molar-refractivity contribution in [3.05, 3.63) is 52.6 Å². The van der Waals surface area contributed by atoms with Gasteiger partial charge in [0, 0.05) is 11.1 Å². The summed E-state index contributed by atoms with van der Waals surface area (Å²) in [6.45, 7) is 25.2. The lowest BCUT2D eigenvalue weighted by Crippen LogP contribution is -2.52. The predicted octanol–water partition coefficient (Wildman–Crippen LogP) is 7.31. The van der Waals surface area contributed by atoms with Crippen molar-refractivity contribution in [3.63, 3.8) is 0 Å². The van der Waals surface area contributed by atoms with E-state index in [1.807, 2.05) is 6.08 Å². The van der Waals surface area contributed by atoms with Gasteiger partial charge in [-0.3, -0.25) is 0 Å². The summed E-state index contributed by atoms with van der Waals surface area (Å²) < 4.78 is 12.3. The molecule has 0 spiro atoms. The second-order valence-corrected chi connectivity index (χ2v) is 14.7. The maximum atomic E-state index is 6.47. The minimum atomic E-state index is -2.00. The molecule has 0 atom stereocenters. The molecule has 3 heteroatoms. The van der Waals surface area contributed by atoms with E-state index < -0.39 is 8.07 Å². The molecule has 0 unspecified atom stereocenters. The zero-order valence-corrected chi connectivity index (χ0v) is 22.0. The van der Waals surface area contributed by atoms with Gasteiger partial charge in [0.2, 0.25) is 0 Å². The maximum Gasteiger partial charge on any atom is 0.123 e. The van der Waals surface area contributed by atoms with Gasteiger partial charge in [0.05, 0.1) is 7.11 Å². The van der Waals surface area contributed by atoms with Gasteiger partial charge in [-0.2, -0.15) is 0 Å². The first-order valence-electron chi connectivity index (χ1n) is 11.3. The van der Waals surface area contributed by atoms with Crippen molar-refractivity contribution >= 4 is 13.3 Å². The zero-order valence-electron chi connectivity index (χ0n) is 21.0. The number of allylic oxidation sites excluding steroid dienone is 4. The fourth-order valence-electron chi connectivity index (χ4n) is 5.32. The van der Waals surface area contributed by atoms with E-state index in [1.54, 1.807) is 18.3 Å². The Bertz CT molecular complexity index is 840. The van der Waals surface area contributed by atoms with Crippen LogP contribution in [0.1, 0.15) is 67.9 Å². The van der Waals surface area contributed by atoms with Gasteiger partial charge in [0.1, 0.15) is 26.2 Å². The van der Waals surface area contributed by atoms with Crippen molar-refractivity contribution in [2.45, 2.75) is 85.4 Å². The highest BCUT2D eigenvalue weighted by molar-refractivity contribution is 6.94. The molecule has 0 aliphatic heterocycles. The first-order chi connectivity index (χ1) is 14.0. The van der Waals surface area contributed by atoms with Crippen molar-refractivity contribution in [1.82, 2.24) is 0 Å². The van der Waals surface area contributed by atoms with Crippen LogP contribution < -0.4 is 14.7 Å². The summed E-state index contributed by atoms with van der Waals surface area (Å²) in [6.07, 6.45) is 1.85. The lowest BCUT2D eigenvalue weighted by molar-refractivity contribution is 0.351. The minimum Gasteiger partial charge on any atom is -0.497 e. The molecule has 1 aromatic rings. The van der Waals surface area contributed by atoms with E-state index >= 15 is 0 Å². The molecule has 0 fully saturated rings. The number of ether oxygens (including phenoxy) is 2. The molecule has 0 amide bonds. The van der Waals surface area contributed by atoms with E-state index in [-0.39, 0.29) is 5.41 Å². The van der Waals surface area contributed by atoms with Gasteiger partial charge in [0.15, 0.2) is 0 Å². The molecule has 30 heavy (non-hydrogen) atoms. The Morgan fingerprint density at radius 2 is 1.53 bits per heavy atom. The molecular formula is C27H42O2Si. The van der Waals surface area contributed by atoms with Gasteiger partial charge >= 0.3 is 0 Å². The lowest BCUT2D eigenvalue weighted by Gasteiger charge is -2.41. The molecule has 0 radical (unpaired) electrons. The van der Waals surface area contributed by atoms with Crippen LogP contribution in [-0.2, 0) is 5.41 Å². The second kappa shape index (κ2) is 9.17. The van der Waals surface area contributed by atoms with Crippen molar-refractivity contribution in [2.75, 3.05) is 13.7 Å². The molecule has 2 rings (SSSR count). The molecule has 1 aromatic carbocycles. The van der Waals surface area contributed by atoms with Gasteiger partial charge in [0.25, 0.3) is 0 Å². The fraction of sp³-hybridized carbons (Fsp3) is 0.556. The third-order valence-electron chi connectivity index (χ3n) is 7.41. The van der Waals surface area contributed by atoms with Crippen molar-refractivity contribution in [1.29, 1.82) is 0 Å². The van der Waals surface area contributed by atoms with Crippen LogP contribution in [0.3, 0.4) is 0 Å². The highest BCUT2D eigenvalue weighted by Crippen LogP contribution is 2.50. The highest BCUT2D eigenvalue weighted by atomic mass is 28.3. The lowest BCUT2D eigenvalue weighted by atomic mass is 9.86. The van der Waals surface area contributed by atoms with E-state index in [1.165, 1.54) is 34.0 Å². The Morgan fingerprint density at radius 1 is 1.00 bits per heavy atom. The summed E-state index contributed by atoms with van der Waals surface area (Å²) in [5.74, 6) is 2.01. The standard InChI is InChI=1S/C27H42O2Si/c1-12-15-29-25-23(27(8,9)10)16-22(28-11)17-24(25)30(13-2,14-3)26-20(6)18(4)19(5)21(26)7/h12,16-17,26H,1,13-15H2,2-11H3. The van der Waals surface area contributed by atoms with E-state index in [2.05, 4.69) is 81.0 Å². The summed E-state index contributed by atoms with van der Waals surface area (Å²) in [4.78, 5) is 0. The molecule has 0 heterocycles. The minimum absolute atomic E-state index is 0.0430. The van der Waals surface area contributed by atoms with Crippen LogP contribution in [-0.4, -0.2) is 21.8 Å². The smallest absolute Gasteiger partial charge is 0.123 e. The number of methoxy groups -OCH3 is 1. The van der Waals surface area contributed by atoms with Crippen LogP contribution in [0, 0.1) is 0 Å². The molecular weight excluding hydrogens is 384 g/mol. The third-order valence-corrected chi connectivity index (χ3v) is 13.4. The Morgan fingerprint density at radius 3 is 1.93 bits per heavy atom. The third kappa shape index (κ3) is 4.06. The molecule has 0 saturated heterocycles. The van der Waals surface area contributed by atoms with Crippen LogP contribution in [0.2, 0.25) is 17.6 Å². The average Bonchev–Trinajstić information content (AvgIpc) is 2.91. The number of hydrogen-bond acceptors (Lipinski definition) is 2. The van der Waals surface area contributed by atoms with Crippen molar-refractivity contribution in [3.8, 4) is 11.5 Å². The van der Waals surface area contributed by atoms with Gasteiger partial charge in [-0.1, -0.05) is 70.5 Å². The summed E-state index contributed by atoms with van der Waals surface area (Å²) in [7, 11) is -0.229. The fourth-order valence-corrected chi connectivity index (χ4v) is 10.9. The number of benzene rings is 1. The molecule has 0 N–H and O–H groups in total. The summed E-state index contributed by atoms with van der Waals surface area (Å²) in [5, 5.41) is 1.41. The Hall–Kier alpha value is -1.74. The Labute approximate surface area is 186 Å². The molecule has 1 aliphatic rings.